The number of halogens is 1. The van der Waals surface area contributed by atoms with Crippen LogP contribution in [0.25, 0.3) is 11.4 Å². The van der Waals surface area contributed by atoms with E-state index in [0.717, 1.165) is 28.1 Å². The lowest BCUT2D eigenvalue weighted by Gasteiger charge is -2.08. The summed E-state index contributed by atoms with van der Waals surface area (Å²) in [5.41, 5.74) is 0.911. The molecule has 0 bridgehead atoms. The molecule has 0 atom stereocenters. The number of ether oxygens (including phenoxy) is 1. The third kappa shape index (κ3) is 2.79. The van der Waals surface area contributed by atoms with E-state index in [1.807, 2.05) is 31.2 Å². The van der Waals surface area contributed by atoms with Crippen LogP contribution in [0.5, 0.6) is 5.75 Å². The number of rotatable bonds is 4. The Morgan fingerprint density at radius 1 is 1.33 bits per heavy atom. The summed E-state index contributed by atoms with van der Waals surface area (Å²) >= 11 is 3.50. The number of anilines is 1. The monoisotopic (exact) mass is 307 g/mol. The summed E-state index contributed by atoms with van der Waals surface area (Å²) in [6.45, 7) is 2.86. The van der Waals surface area contributed by atoms with Gasteiger partial charge in [0.25, 0.3) is 0 Å². The average molecular weight is 308 g/mol. The molecule has 18 heavy (non-hydrogen) atoms. The summed E-state index contributed by atoms with van der Waals surface area (Å²) in [6.07, 6.45) is 1.74. The fraction of sp³-hybridized carbons (Fsp3) is 0.231. The van der Waals surface area contributed by atoms with Crippen molar-refractivity contribution in [1.29, 1.82) is 0 Å². The van der Waals surface area contributed by atoms with Gasteiger partial charge < -0.3 is 10.1 Å². The Morgan fingerprint density at radius 2 is 2.17 bits per heavy atom. The van der Waals surface area contributed by atoms with Crippen LogP contribution in [-0.2, 0) is 0 Å². The third-order valence-corrected chi connectivity index (χ3v) is 3.12. The van der Waals surface area contributed by atoms with Crippen LogP contribution < -0.4 is 10.1 Å². The highest BCUT2D eigenvalue weighted by molar-refractivity contribution is 9.10. The predicted molar refractivity (Wildman–Crippen MR) is 75.9 cm³/mol. The first-order valence-electron chi connectivity index (χ1n) is 5.65. The van der Waals surface area contributed by atoms with Gasteiger partial charge in [-0.25, -0.2) is 9.97 Å². The smallest absolute Gasteiger partial charge is 0.162 e. The second kappa shape index (κ2) is 5.82. The van der Waals surface area contributed by atoms with Crippen LogP contribution in [-0.4, -0.2) is 23.6 Å². The average Bonchev–Trinajstić information content (AvgIpc) is 2.40. The van der Waals surface area contributed by atoms with Gasteiger partial charge in [-0.1, -0.05) is 15.9 Å². The highest BCUT2D eigenvalue weighted by Crippen LogP contribution is 2.29. The molecule has 1 N–H and O–H groups in total. The second-order valence-corrected chi connectivity index (χ2v) is 4.50. The van der Waals surface area contributed by atoms with E-state index in [0.29, 0.717) is 5.82 Å². The molecule has 2 rings (SSSR count). The number of aromatic nitrogens is 2. The van der Waals surface area contributed by atoms with E-state index < -0.39 is 0 Å². The summed E-state index contributed by atoms with van der Waals surface area (Å²) in [5.74, 6) is 2.27. The first-order valence-corrected chi connectivity index (χ1v) is 6.44. The summed E-state index contributed by atoms with van der Waals surface area (Å²) in [6, 6.07) is 7.58. The fourth-order valence-electron chi connectivity index (χ4n) is 1.57. The minimum Gasteiger partial charge on any atom is -0.497 e. The van der Waals surface area contributed by atoms with Crippen molar-refractivity contribution in [3.63, 3.8) is 0 Å². The molecule has 0 unspecified atom stereocenters. The standard InChI is InChI=1S/C13H14BrN3O/c1-3-15-12-6-7-16-13(17-12)10-8-9(18-2)4-5-11(10)14/h4-8H,3H2,1-2H3,(H,15,16,17). The Kier molecular flexibility index (Phi) is 4.15. The number of hydrogen-bond donors (Lipinski definition) is 1. The first kappa shape index (κ1) is 12.8. The second-order valence-electron chi connectivity index (χ2n) is 3.64. The molecule has 0 saturated carbocycles. The lowest BCUT2D eigenvalue weighted by atomic mass is 10.2. The van der Waals surface area contributed by atoms with E-state index in [1.165, 1.54) is 0 Å². The van der Waals surface area contributed by atoms with E-state index in [2.05, 4.69) is 31.2 Å². The van der Waals surface area contributed by atoms with Crippen molar-refractivity contribution in [2.24, 2.45) is 0 Å². The Labute approximate surface area is 115 Å². The van der Waals surface area contributed by atoms with E-state index in [-0.39, 0.29) is 0 Å². The van der Waals surface area contributed by atoms with Gasteiger partial charge >= 0.3 is 0 Å². The van der Waals surface area contributed by atoms with Crippen molar-refractivity contribution in [2.75, 3.05) is 19.0 Å². The van der Waals surface area contributed by atoms with Crippen molar-refractivity contribution in [1.82, 2.24) is 9.97 Å². The van der Waals surface area contributed by atoms with Crippen molar-refractivity contribution >= 4 is 21.7 Å². The highest BCUT2D eigenvalue weighted by atomic mass is 79.9. The van der Waals surface area contributed by atoms with Gasteiger partial charge in [0, 0.05) is 22.8 Å². The molecule has 2 aromatic rings. The number of hydrogen-bond acceptors (Lipinski definition) is 4. The Hall–Kier alpha value is -1.62. The minimum atomic E-state index is 0.666. The Bertz CT molecular complexity index is 546. The topological polar surface area (TPSA) is 47.0 Å². The van der Waals surface area contributed by atoms with Crippen LogP contribution in [0.1, 0.15) is 6.92 Å². The third-order valence-electron chi connectivity index (χ3n) is 2.43. The molecular weight excluding hydrogens is 294 g/mol. The molecule has 0 fully saturated rings. The van der Waals surface area contributed by atoms with Crippen LogP contribution >= 0.6 is 15.9 Å². The van der Waals surface area contributed by atoms with Crippen molar-refractivity contribution in [2.45, 2.75) is 6.92 Å². The molecule has 1 heterocycles. The molecule has 94 valence electrons. The Morgan fingerprint density at radius 3 is 2.89 bits per heavy atom. The molecule has 5 heteroatoms. The molecular formula is C13H14BrN3O. The lowest BCUT2D eigenvalue weighted by Crippen LogP contribution is -2.01. The van der Waals surface area contributed by atoms with Gasteiger partial charge in [-0.15, -0.1) is 0 Å². The van der Waals surface area contributed by atoms with Crippen LogP contribution in [0.15, 0.2) is 34.9 Å². The molecule has 0 saturated heterocycles. The maximum absolute atomic E-state index is 5.22. The number of nitrogens with one attached hydrogen (secondary N) is 1. The maximum atomic E-state index is 5.22. The summed E-state index contributed by atoms with van der Waals surface area (Å²) in [5, 5.41) is 3.17. The van der Waals surface area contributed by atoms with E-state index in [1.54, 1.807) is 13.3 Å². The molecule has 0 amide bonds. The number of methoxy groups -OCH3 is 1. The van der Waals surface area contributed by atoms with Gasteiger partial charge in [0.15, 0.2) is 5.82 Å². The lowest BCUT2D eigenvalue weighted by molar-refractivity contribution is 0.415. The van der Waals surface area contributed by atoms with Crippen LogP contribution in [0, 0.1) is 0 Å². The van der Waals surface area contributed by atoms with E-state index in [9.17, 15) is 0 Å². The van der Waals surface area contributed by atoms with Gasteiger partial charge in [0.05, 0.1) is 7.11 Å². The molecule has 1 aromatic heterocycles. The molecule has 1 aromatic carbocycles. The summed E-state index contributed by atoms with van der Waals surface area (Å²) < 4.78 is 6.16. The maximum Gasteiger partial charge on any atom is 0.162 e. The summed E-state index contributed by atoms with van der Waals surface area (Å²) in [4.78, 5) is 8.75. The minimum absolute atomic E-state index is 0.666. The largest absolute Gasteiger partial charge is 0.497 e. The quantitative estimate of drug-likeness (QED) is 0.941. The van der Waals surface area contributed by atoms with Crippen LogP contribution in [0.3, 0.4) is 0 Å². The normalized spacial score (nSPS) is 10.2. The van der Waals surface area contributed by atoms with Crippen molar-refractivity contribution in [3.05, 3.63) is 34.9 Å². The fourth-order valence-corrected chi connectivity index (χ4v) is 1.99. The highest BCUT2D eigenvalue weighted by Gasteiger charge is 2.08. The molecule has 0 spiro atoms. The van der Waals surface area contributed by atoms with Crippen LogP contribution in [0.4, 0.5) is 5.82 Å². The Balaban J connectivity index is 2.44. The molecule has 0 radical (unpaired) electrons. The molecule has 0 aliphatic rings. The molecule has 0 aliphatic heterocycles. The van der Waals surface area contributed by atoms with Gasteiger partial charge in [-0.05, 0) is 31.2 Å². The predicted octanol–water partition coefficient (Wildman–Crippen LogP) is 3.35. The van der Waals surface area contributed by atoms with Gasteiger partial charge in [-0.2, -0.15) is 0 Å². The van der Waals surface area contributed by atoms with Crippen LogP contribution in [0.2, 0.25) is 0 Å². The zero-order valence-electron chi connectivity index (χ0n) is 10.3. The number of benzene rings is 1. The van der Waals surface area contributed by atoms with Crippen molar-refractivity contribution in [3.8, 4) is 17.1 Å². The van der Waals surface area contributed by atoms with Gasteiger partial charge in [0.2, 0.25) is 0 Å². The number of nitrogens with zero attached hydrogens (tertiary/aromatic N) is 2. The van der Waals surface area contributed by atoms with Gasteiger partial charge in [-0.3, -0.25) is 0 Å². The summed E-state index contributed by atoms with van der Waals surface area (Å²) in [7, 11) is 1.64. The van der Waals surface area contributed by atoms with Crippen molar-refractivity contribution < 1.29 is 4.74 Å². The zero-order valence-corrected chi connectivity index (χ0v) is 11.9. The SMILES string of the molecule is CCNc1ccnc(-c2cc(OC)ccc2Br)n1. The van der Waals surface area contributed by atoms with E-state index in [4.69, 9.17) is 4.74 Å². The van der Waals surface area contributed by atoms with E-state index >= 15 is 0 Å². The first-order chi connectivity index (χ1) is 8.74. The zero-order chi connectivity index (χ0) is 13.0. The van der Waals surface area contributed by atoms with Gasteiger partial charge in [0.1, 0.15) is 11.6 Å². The molecule has 0 aliphatic carbocycles. The molecule has 4 nitrogen and oxygen atoms in total.